The Kier molecular flexibility index (Phi) is 11.9. The van der Waals surface area contributed by atoms with Crippen LogP contribution in [0.1, 0.15) is 34.0 Å². The minimum Gasteiger partial charge on any atom is -0.486 e. The normalized spacial score (nSPS) is 12.3. The second-order valence-corrected chi connectivity index (χ2v) is 9.59. The van der Waals surface area contributed by atoms with Crippen molar-refractivity contribution in [2.45, 2.75) is 38.5 Å². The lowest BCUT2D eigenvalue weighted by Gasteiger charge is -2.25. The highest BCUT2D eigenvalue weighted by Gasteiger charge is 2.23. The first-order valence-electron chi connectivity index (χ1n) is 13.4. The van der Waals surface area contributed by atoms with Crippen LogP contribution >= 0.6 is 0 Å². The maximum Gasteiger partial charge on any atom is 0.251 e. The summed E-state index contributed by atoms with van der Waals surface area (Å²) < 4.78 is 20.0. The van der Waals surface area contributed by atoms with Gasteiger partial charge in [0.2, 0.25) is 0 Å². The lowest BCUT2D eigenvalue weighted by Crippen LogP contribution is -2.48. The predicted octanol–water partition coefficient (Wildman–Crippen LogP) is 4.46. The molecule has 0 aliphatic rings. The van der Waals surface area contributed by atoms with Crippen LogP contribution in [0.25, 0.3) is 0 Å². The lowest BCUT2D eigenvalue weighted by atomic mass is 10.00. The number of halogens is 1. The van der Waals surface area contributed by atoms with Gasteiger partial charge < -0.3 is 25.4 Å². The first-order valence-corrected chi connectivity index (χ1v) is 13.4. The van der Waals surface area contributed by atoms with E-state index in [1.165, 1.54) is 11.6 Å². The van der Waals surface area contributed by atoms with E-state index < -0.39 is 18.0 Å². The van der Waals surface area contributed by atoms with E-state index in [0.717, 1.165) is 12.0 Å². The average molecular weight is 547 g/mol. The number of aliphatic hydroxyl groups is 1. The highest BCUT2D eigenvalue weighted by Crippen LogP contribution is 2.20. The molecular formula is C32H39FN4O3. The van der Waals surface area contributed by atoms with Crippen LogP contribution in [-0.2, 0) is 19.4 Å². The van der Waals surface area contributed by atoms with Gasteiger partial charge in [0, 0.05) is 38.4 Å². The molecule has 1 amide bonds. The standard InChI is InChI=1S/C32H39FN4O3/c1-5-15-37(4)31-20-26(13-14-35-31)32(39)36-28(19-24-11-12-30(27(33)18-24)40-16-6-2)29(38)22-34-21-25-10-8-9-23(7-3)17-25/h5-6,8-14,17-18,20,28-29,34,38H,1-2,7,15-16,19,21-22H2,3-4H3,(H,36,39). The van der Waals surface area contributed by atoms with Crippen molar-refractivity contribution in [1.82, 2.24) is 15.6 Å². The molecule has 0 bridgehead atoms. The number of hydrogen-bond acceptors (Lipinski definition) is 6. The summed E-state index contributed by atoms with van der Waals surface area (Å²) in [6.45, 7) is 11.0. The Morgan fingerprint density at radius 3 is 2.65 bits per heavy atom. The van der Waals surface area contributed by atoms with Gasteiger partial charge in [-0.05, 0) is 53.8 Å². The number of hydrogen-bond donors (Lipinski definition) is 3. The third-order valence-corrected chi connectivity index (χ3v) is 6.47. The highest BCUT2D eigenvalue weighted by atomic mass is 19.1. The van der Waals surface area contributed by atoms with Gasteiger partial charge in [0.1, 0.15) is 12.4 Å². The van der Waals surface area contributed by atoms with Crippen LogP contribution in [0.3, 0.4) is 0 Å². The Labute approximate surface area is 236 Å². The zero-order chi connectivity index (χ0) is 28.9. The third kappa shape index (κ3) is 9.03. The van der Waals surface area contributed by atoms with E-state index in [9.17, 15) is 14.3 Å². The lowest BCUT2D eigenvalue weighted by molar-refractivity contribution is 0.0829. The summed E-state index contributed by atoms with van der Waals surface area (Å²) in [5.74, 6) is -0.134. The van der Waals surface area contributed by atoms with Crippen molar-refractivity contribution in [3.05, 3.63) is 114 Å². The molecule has 0 fully saturated rings. The quantitative estimate of drug-likeness (QED) is 0.230. The molecule has 40 heavy (non-hydrogen) atoms. The zero-order valence-corrected chi connectivity index (χ0v) is 23.3. The number of carbonyl (C=O) groups is 1. The van der Waals surface area contributed by atoms with Gasteiger partial charge in [-0.25, -0.2) is 9.37 Å². The molecule has 0 radical (unpaired) electrons. The maximum atomic E-state index is 14.6. The number of aromatic nitrogens is 1. The largest absolute Gasteiger partial charge is 0.486 e. The number of aryl methyl sites for hydroxylation is 1. The number of nitrogens with one attached hydrogen (secondary N) is 2. The van der Waals surface area contributed by atoms with Crippen LogP contribution in [0.5, 0.6) is 5.75 Å². The average Bonchev–Trinajstić information content (AvgIpc) is 2.96. The van der Waals surface area contributed by atoms with Crippen LogP contribution in [0.15, 0.2) is 86.1 Å². The topological polar surface area (TPSA) is 86.7 Å². The van der Waals surface area contributed by atoms with Crippen LogP contribution in [0, 0.1) is 5.82 Å². The molecule has 2 atom stereocenters. The summed E-state index contributed by atoms with van der Waals surface area (Å²) in [6, 6.07) is 15.5. The van der Waals surface area contributed by atoms with Gasteiger partial charge in [-0.1, -0.05) is 56.0 Å². The molecule has 2 aromatic carbocycles. The summed E-state index contributed by atoms with van der Waals surface area (Å²) in [5.41, 5.74) is 3.37. The molecule has 3 N–H and O–H groups in total. The van der Waals surface area contributed by atoms with Gasteiger partial charge in [-0.2, -0.15) is 0 Å². The number of ether oxygens (including phenoxy) is 1. The van der Waals surface area contributed by atoms with E-state index in [1.54, 1.807) is 42.6 Å². The number of rotatable bonds is 16. The van der Waals surface area contributed by atoms with Crippen molar-refractivity contribution in [2.24, 2.45) is 0 Å². The monoisotopic (exact) mass is 546 g/mol. The molecule has 0 spiro atoms. The van der Waals surface area contributed by atoms with E-state index in [-0.39, 0.29) is 31.2 Å². The van der Waals surface area contributed by atoms with E-state index in [2.05, 4.69) is 47.8 Å². The molecule has 212 valence electrons. The molecule has 0 saturated carbocycles. The van der Waals surface area contributed by atoms with E-state index in [0.29, 0.717) is 30.0 Å². The van der Waals surface area contributed by atoms with Crippen molar-refractivity contribution in [2.75, 3.05) is 31.6 Å². The van der Waals surface area contributed by atoms with Crippen molar-refractivity contribution in [1.29, 1.82) is 0 Å². The number of amides is 1. The number of anilines is 1. The fraction of sp³-hybridized carbons (Fsp3) is 0.312. The molecule has 0 aliphatic carbocycles. The van der Waals surface area contributed by atoms with Crippen LogP contribution in [0.4, 0.5) is 10.2 Å². The summed E-state index contributed by atoms with van der Waals surface area (Å²) in [4.78, 5) is 19.5. The first kappa shape index (κ1) is 30.5. The number of carbonyl (C=O) groups excluding carboxylic acids is 1. The van der Waals surface area contributed by atoms with Gasteiger partial charge in [0.05, 0.1) is 12.1 Å². The van der Waals surface area contributed by atoms with Crippen LogP contribution in [-0.4, -0.2) is 54.9 Å². The molecule has 8 heteroatoms. The molecule has 3 rings (SSSR count). The Hall–Kier alpha value is -4.01. The molecule has 7 nitrogen and oxygen atoms in total. The molecule has 0 aliphatic heterocycles. The van der Waals surface area contributed by atoms with Crippen molar-refractivity contribution in [3.8, 4) is 5.75 Å². The Bertz CT molecular complexity index is 1280. The van der Waals surface area contributed by atoms with Crippen LogP contribution in [0.2, 0.25) is 0 Å². The molecule has 3 aromatic rings. The van der Waals surface area contributed by atoms with E-state index in [1.807, 2.05) is 24.1 Å². The third-order valence-electron chi connectivity index (χ3n) is 6.47. The molecule has 2 unspecified atom stereocenters. The molecule has 1 heterocycles. The number of nitrogens with zero attached hydrogens (tertiary/aromatic N) is 2. The van der Waals surface area contributed by atoms with Gasteiger partial charge >= 0.3 is 0 Å². The zero-order valence-electron chi connectivity index (χ0n) is 23.3. The number of benzene rings is 2. The predicted molar refractivity (Wildman–Crippen MR) is 158 cm³/mol. The van der Waals surface area contributed by atoms with Gasteiger partial charge in [0.15, 0.2) is 11.6 Å². The molecule has 1 aromatic heterocycles. The highest BCUT2D eigenvalue weighted by molar-refractivity contribution is 5.95. The summed E-state index contributed by atoms with van der Waals surface area (Å²) >= 11 is 0. The van der Waals surface area contributed by atoms with Crippen molar-refractivity contribution < 1.29 is 19.0 Å². The van der Waals surface area contributed by atoms with E-state index >= 15 is 0 Å². The summed E-state index contributed by atoms with van der Waals surface area (Å²) in [6.07, 6.45) is 5.08. The Morgan fingerprint density at radius 1 is 1.12 bits per heavy atom. The maximum absolute atomic E-state index is 14.6. The fourth-order valence-corrected chi connectivity index (χ4v) is 4.25. The molecular weight excluding hydrogens is 507 g/mol. The summed E-state index contributed by atoms with van der Waals surface area (Å²) in [7, 11) is 1.86. The summed E-state index contributed by atoms with van der Waals surface area (Å²) in [5, 5.41) is 17.4. The van der Waals surface area contributed by atoms with Crippen molar-refractivity contribution >= 4 is 11.7 Å². The van der Waals surface area contributed by atoms with Gasteiger partial charge in [-0.3, -0.25) is 4.79 Å². The van der Waals surface area contributed by atoms with E-state index in [4.69, 9.17) is 4.74 Å². The Balaban J connectivity index is 1.75. The smallest absolute Gasteiger partial charge is 0.251 e. The number of pyridine rings is 1. The first-order chi connectivity index (χ1) is 19.3. The minimum atomic E-state index is -0.942. The van der Waals surface area contributed by atoms with Crippen LogP contribution < -0.4 is 20.3 Å². The van der Waals surface area contributed by atoms with Crippen molar-refractivity contribution in [3.63, 3.8) is 0 Å². The van der Waals surface area contributed by atoms with Gasteiger partial charge in [0.25, 0.3) is 5.91 Å². The number of likely N-dealkylation sites (N-methyl/N-ethyl adjacent to an activating group) is 1. The molecule has 0 saturated heterocycles. The SMILES string of the molecule is C=CCOc1ccc(CC(NC(=O)c2ccnc(N(C)CC=C)c2)C(O)CNCc2cccc(CC)c2)cc1F. The second kappa shape index (κ2) is 15.5. The fourth-order valence-electron chi connectivity index (χ4n) is 4.25. The van der Waals surface area contributed by atoms with Gasteiger partial charge in [-0.15, -0.1) is 6.58 Å². The second-order valence-electron chi connectivity index (χ2n) is 9.59. The minimum absolute atomic E-state index is 0.119. The Morgan fingerprint density at radius 2 is 1.93 bits per heavy atom. The number of aliphatic hydroxyl groups excluding tert-OH is 1.